The van der Waals surface area contributed by atoms with E-state index in [1.165, 1.54) is 16.6 Å². The minimum absolute atomic E-state index is 0.104. The largest absolute Gasteiger partial charge is 0.486 e. The Morgan fingerprint density at radius 2 is 2.00 bits per heavy atom. The van der Waals surface area contributed by atoms with Gasteiger partial charge in [0.25, 0.3) is 0 Å². The number of rotatable bonds is 3. The van der Waals surface area contributed by atoms with Crippen molar-refractivity contribution in [2.75, 3.05) is 0 Å². The van der Waals surface area contributed by atoms with Crippen LogP contribution in [0, 0.1) is 13.8 Å². The highest BCUT2D eigenvalue weighted by atomic mass is 16.5. The maximum Gasteiger partial charge on any atom is 0.165 e. The molecule has 0 bridgehead atoms. The van der Waals surface area contributed by atoms with E-state index in [9.17, 15) is 0 Å². The van der Waals surface area contributed by atoms with Gasteiger partial charge in [-0.1, -0.05) is 0 Å². The number of fused-ring (bicyclic) bond motifs is 1. The molecule has 0 aliphatic carbocycles. The summed E-state index contributed by atoms with van der Waals surface area (Å²) in [5, 5.41) is 5.49. The van der Waals surface area contributed by atoms with Crippen LogP contribution in [-0.4, -0.2) is 19.7 Å². The molecule has 5 nitrogen and oxygen atoms in total. The second-order valence-electron chi connectivity index (χ2n) is 6.63. The van der Waals surface area contributed by atoms with Gasteiger partial charge < -0.3 is 9.72 Å². The smallest absolute Gasteiger partial charge is 0.165 e. The molecular weight excluding hydrogens is 276 g/mol. The lowest BCUT2D eigenvalue weighted by Gasteiger charge is -2.21. The molecule has 5 heteroatoms. The van der Waals surface area contributed by atoms with Gasteiger partial charge in [0.2, 0.25) is 0 Å². The van der Waals surface area contributed by atoms with Crippen LogP contribution >= 0.6 is 0 Å². The number of hydrogen-bond acceptors (Lipinski definition) is 3. The van der Waals surface area contributed by atoms with Crippen molar-refractivity contribution in [3.05, 3.63) is 41.6 Å². The number of aryl methyl sites for hydroxylation is 2. The summed E-state index contributed by atoms with van der Waals surface area (Å²) in [6.45, 7) is 10.9. The third kappa shape index (κ3) is 2.58. The Morgan fingerprint density at radius 1 is 1.23 bits per heavy atom. The molecule has 3 aromatic rings. The molecule has 0 fully saturated rings. The van der Waals surface area contributed by atoms with Gasteiger partial charge in [0.05, 0.1) is 5.54 Å². The summed E-state index contributed by atoms with van der Waals surface area (Å²) in [5.41, 5.74) is 3.49. The number of H-pyrrole nitrogens is 1. The van der Waals surface area contributed by atoms with Gasteiger partial charge in [0.15, 0.2) is 5.82 Å². The molecule has 0 unspecified atom stereocenters. The number of benzene rings is 1. The average Bonchev–Trinajstić information content (AvgIpc) is 3.03. The third-order valence-corrected chi connectivity index (χ3v) is 3.90. The molecule has 0 aliphatic rings. The fourth-order valence-corrected chi connectivity index (χ4v) is 2.60. The van der Waals surface area contributed by atoms with Crippen LogP contribution < -0.4 is 4.74 Å². The van der Waals surface area contributed by atoms with E-state index in [2.05, 4.69) is 61.8 Å². The quantitative estimate of drug-likeness (QED) is 0.802. The molecule has 3 rings (SSSR count). The zero-order valence-electron chi connectivity index (χ0n) is 13.8. The molecule has 0 aliphatic heterocycles. The second-order valence-corrected chi connectivity index (χ2v) is 6.63. The van der Waals surface area contributed by atoms with Crippen LogP contribution in [0.1, 0.15) is 37.9 Å². The molecular formula is C17H22N4O. The summed E-state index contributed by atoms with van der Waals surface area (Å²) in [4.78, 5) is 7.67. The predicted molar refractivity (Wildman–Crippen MR) is 87.1 cm³/mol. The number of aromatic nitrogens is 4. The van der Waals surface area contributed by atoms with Gasteiger partial charge in [-0.15, -0.1) is 0 Å². The first-order valence-corrected chi connectivity index (χ1v) is 7.47. The van der Waals surface area contributed by atoms with E-state index in [-0.39, 0.29) is 5.54 Å². The fraction of sp³-hybridized carbons (Fsp3) is 0.412. The summed E-state index contributed by atoms with van der Waals surface area (Å²) in [6.07, 6.45) is 1.58. The standard InChI is InChI=1S/C17H22N4O/c1-11-12(2)20-15-7-6-13(8-14(11)15)22-9-16-18-10-19-21(16)17(3,4)5/h6-8,10,20H,9H2,1-5H3. The normalized spacial score (nSPS) is 12.0. The predicted octanol–water partition coefficient (Wildman–Crippen LogP) is 3.71. The van der Waals surface area contributed by atoms with Crippen molar-refractivity contribution in [2.45, 2.75) is 46.8 Å². The Labute approximate surface area is 130 Å². The molecule has 0 spiro atoms. The summed E-state index contributed by atoms with van der Waals surface area (Å²) < 4.78 is 7.82. The Balaban J connectivity index is 1.83. The van der Waals surface area contributed by atoms with Crippen molar-refractivity contribution < 1.29 is 4.74 Å². The van der Waals surface area contributed by atoms with Crippen LogP contribution in [0.4, 0.5) is 0 Å². The van der Waals surface area contributed by atoms with Crippen molar-refractivity contribution in [1.82, 2.24) is 19.7 Å². The lowest BCUT2D eigenvalue weighted by atomic mass is 10.1. The molecule has 2 heterocycles. The highest BCUT2D eigenvalue weighted by Gasteiger charge is 2.18. The average molecular weight is 298 g/mol. The SMILES string of the molecule is Cc1[nH]c2ccc(OCc3ncnn3C(C)(C)C)cc2c1C. The molecule has 22 heavy (non-hydrogen) atoms. The van der Waals surface area contributed by atoms with Gasteiger partial charge in [-0.25, -0.2) is 9.67 Å². The molecule has 0 saturated heterocycles. The van der Waals surface area contributed by atoms with E-state index in [0.717, 1.165) is 17.1 Å². The van der Waals surface area contributed by atoms with E-state index in [4.69, 9.17) is 4.74 Å². The highest BCUT2D eigenvalue weighted by Crippen LogP contribution is 2.26. The second kappa shape index (κ2) is 5.16. The maximum absolute atomic E-state index is 5.92. The van der Waals surface area contributed by atoms with Gasteiger partial charge in [-0.2, -0.15) is 5.10 Å². The Morgan fingerprint density at radius 3 is 2.73 bits per heavy atom. The van der Waals surface area contributed by atoms with Crippen molar-refractivity contribution in [3.8, 4) is 5.75 Å². The van der Waals surface area contributed by atoms with Gasteiger partial charge in [0, 0.05) is 16.6 Å². The van der Waals surface area contributed by atoms with E-state index in [1.807, 2.05) is 10.7 Å². The van der Waals surface area contributed by atoms with Crippen molar-refractivity contribution in [1.29, 1.82) is 0 Å². The van der Waals surface area contributed by atoms with Crippen molar-refractivity contribution in [2.24, 2.45) is 0 Å². The van der Waals surface area contributed by atoms with Crippen LogP contribution in [0.3, 0.4) is 0 Å². The van der Waals surface area contributed by atoms with E-state index in [0.29, 0.717) is 6.61 Å². The number of hydrogen-bond donors (Lipinski definition) is 1. The van der Waals surface area contributed by atoms with Gasteiger partial charge in [0.1, 0.15) is 18.7 Å². The monoisotopic (exact) mass is 298 g/mol. The summed E-state index contributed by atoms with van der Waals surface area (Å²) in [6, 6.07) is 6.11. The zero-order chi connectivity index (χ0) is 15.9. The number of nitrogens with one attached hydrogen (secondary N) is 1. The Kier molecular flexibility index (Phi) is 3.43. The van der Waals surface area contributed by atoms with E-state index < -0.39 is 0 Å². The molecule has 1 aromatic carbocycles. The first kappa shape index (κ1) is 14.6. The highest BCUT2D eigenvalue weighted by molar-refractivity contribution is 5.85. The molecule has 116 valence electrons. The molecule has 0 saturated carbocycles. The zero-order valence-corrected chi connectivity index (χ0v) is 13.8. The van der Waals surface area contributed by atoms with Crippen LogP contribution in [0.25, 0.3) is 10.9 Å². The van der Waals surface area contributed by atoms with E-state index >= 15 is 0 Å². The maximum atomic E-state index is 5.92. The first-order chi connectivity index (χ1) is 10.4. The topological polar surface area (TPSA) is 55.7 Å². The Hall–Kier alpha value is -2.30. The van der Waals surface area contributed by atoms with Gasteiger partial charge in [-0.3, -0.25) is 0 Å². The summed E-state index contributed by atoms with van der Waals surface area (Å²) in [7, 11) is 0. The number of ether oxygens (including phenoxy) is 1. The van der Waals surface area contributed by atoms with Crippen LogP contribution in [0.2, 0.25) is 0 Å². The number of aromatic amines is 1. The van der Waals surface area contributed by atoms with Crippen LogP contribution in [-0.2, 0) is 12.1 Å². The fourth-order valence-electron chi connectivity index (χ4n) is 2.60. The number of nitrogens with zero attached hydrogens (tertiary/aromatic N) is 3. The van der Waals surface area contributed by atoms with Crippen molar-refractivity contribution >= 4 is 10.9 Å². The van der Waals surface area contributed by atoms with Crippen LogP contribution in [0.15, 0.2) is 24.5 Å². The molecule has 1 N–H and O–H groups in total. The van der Waals surface area contributed by atoms with Crippen LogP contribution in [0.5, 0.6) is 5.75 Å². The van der Waals surface area contributed by atoms with Gasteiger partial charge in [-0.05, 0) is 58.4 Å². The lowest BCUT2D eigenvalue weighted by Crippen LogP contribution is -2.26. The minimum Gasteiger partial charge on any atom is -0.486 e. The molecule has 2 aromatic heterocycles. The first-order valence-electron chi connectivity index (χ1n) is 7.47. The van der Waals surface area contributed by atoms with E-state index in [1.54, 1.807) is 6.33 Å². The summed E-state index contributed by atoms with van der Waals surface area (Å²) in [5.74, 6) is 1.67. The summed E-state index contributed by atoms with van der Waals surface area (Å²) >= 11 is 0. The Bertz CT molecular complexity index is 808. The lowest BCUT2D eigenvalue weighted by molar-refractivity contribution is 0.260. The molecule has 0 radical (unpaired) electrons. The molecule has 0 atom stereocenters. The third-order valence-electron chi connectivity index (χ3n) is 3.90. The molecule has 0 amide bonds. The van der Waals surface area contributed by atoms with Gasteiger partial charge >= 0.3 is 0 Å². The van der Waals surface area contributed by atoms with Crippen molar-refractivity contribution in [3.63, 3.8) is 0 Å². The minimum atomic E-state index is -0.104.